The molecule has 3 aromatic heterocycles. The van der Waals surface area contributed by atoms with Gasteiger partial charge in [0.25, 0.3) is 5.91 Å². The summed E-state index contributed by atoms with van der Waals surface area (Å²) >= 11 is 1.43. The number of aromatic nitrogens is 3. The maximum absolute atomic E-state index is 14.6. The van der Waals surface area contributed by atoms with Crippen LogP contribution in [0.4, 0.5) is 4.79 Å². The van der Waals surface area contributed by atoms with Crippen molar-refractivity contribution in [2.45, 2.75) is 117 Å². The number of carbonyl (C=O) groups is 4. The number of ether oxygens (including phenoxy) is 2. The maximum Gasteiger partial charge on any atom is 0.324 e. The lowest BCUT2D eigenvalue weighted by atomic mass is 9.84. The number of methoxy groups -OCH3 is 1. The molecule has 4 aromatic rings. The summed E-state index contributed by atoms with van der Waals surface area (Å²) in [6.45, 7) is 15.1. The second-order valence-electron chi connectivity index (χ2n) is 19.0. The fraction of sp³-hybridized carbons (Fsp3) is 0.583. The Labute approximate surface area is 381 Å². The Balaban J connectivity index is 1.27. The molecule has 2 saturated heterocycles. The molecule has 346 valence electrons. The lowest BCUT2D eigenvalue weighted by molar-refractivity contribution is -0.155. The summed E-state index contributed by atoms with van der Waals surface area (Å²) in [5.74, 6) is -1.52. The van der Waals surface area contributed by atoms with Gasteiger partial charge in [-0.1, -0.05) is 33.8 Å². The molecule has 0 spiro atoms. The topological polar surface area (TPSA) is 154 Å². The molecule has 0 radical (unpaired) electrons. The maximum atomic E-state index is 14.6. The number of pyridine rings is 1. The summed E-state index contributed by atoms with van der Waals surface area (Å²) < 4.78 is 14.3. The molecule has 3 aliphatic heterocycles. The number of amides is 4. The summed E-state index contributed by atoms with van der Waals surface area (Å²) in [7, 11) is 7.21. The minimum Gasteiger partial charge on any atom is -0.464 e. The SMILES string of the molecule is CCn1c(-c2cccnc2[C@H](C)OC)c2c3cc(ccc31)-c1csc(n1)C[C@H](NC(=O)[C@H](C(C)C)N(C)C(=O)N(C)[C@@H]1CCCN(C)C1)C(=O)N1CCC[C@H](N1)C(=O)OCC(C)(C)C2. The number of hydrogen-bond acceptors (Lipinski definition) is 11. The molecule has 6 bridgehead atoms. The van der Waals surface area contributed by atoms with E-state index in [0.717, 1.165) is 70.6 Å². The molecule has 1 aromatic carbocycles. The van der Waals surface area contributed by atoms with E-state index < -0.39 is 35.4 Å². The molecule has 2 N–H and O–H groups in total. The van der Waals surface area contributed by atoms with E-state index in [0.29, 0.717) is 37.4 Å². The van der Waals surface area contributed by atoms with Crippen LogP contribution in [0, 0.1) is 11.3 Å². The normalized spacial score (nSPS) is 21.9. The second-order valence-corrected chi connectivity index (χ2v) is 20.0. The quantitative estimate of drug-likeness (QED) is 0.183. The molecule has 2 fully saturated rings. The lowest BCUT2D eigenvalue weighted by Crippen LogP contribution is -2.62. The third kappa shape index (κ3) is 9.85. The van der Waals surface area contributed by atoms with E-state index in [4.69, 9.17) is 19.4 Å². The number of cyclic esters (lactones) is 1. The number of carbonyl (C=O) groups excluding carboxylic acids is 4. The highest BCUT2D eigenvalue weighted by molar-refractivity contribution is 7.10. The van der Waals surface area contributed by atoms with Crippen molar-refractivity contribution in [1.82, 2.24) is 45.0 Å². The van der Waals surface area contributed by atoms with E-state index in [2.05, 4.69) is 72.3 Å². The molecule has 0 aliphatic carbocycles. The molecule has 64 heavy (non-hydrogen) atoms. The first-order valence-corrected chi connectivity index (χ1v) is 23.7. The number of likely N-dealkylation sites (N-methyl/N-ethyl adjacent to an activating group) is 3. The Bertz CT molecular complexity index is 2340. The first kappa shape index (κ1) is 47.1. The number of likely N-dealkylation sites (tertiary alicyclic amines) is 1. The summed E-state index contributed by atoms with van der Waals surface area (Å²) in [5.41, 5.74) is 9.41. The fourth-order valence-corrected chi connectivity index (χ4v) is 10.6. The first-order valence-electron chi connectivity index (χ1n) is 22.8. The number of benzene rings is 1. The van der Waals surface area contributed by atoms with Crippen LogP contribution >= 0.6 is 11.3 Å². The van der Waals surface area contributed by atoms with E-state index >= 15 is 0 Å². The van der Waals surface area contributed by atoms with Crippen molar-refractivity contribution >= 4 is 46.1 Å². The standard InChI is InChI=1S/C48H67N9O6S/c1-11-56-39-19-18-31-23-34(39)35(43(56)33-16-12-20-49-41(33)30(4)62-10)25-48(5,6)28-63-46(60)36-17-14-22-57(52-36)45(59)37(24-40-50-38(31)27-64-40)51-44(58)42(29(2)3)55(9)47(61)54(8)32-15-13-21-53(7)26-32/h12,16,18-20,23,27,29-30,32,36-37,42,52H,11,13-15,17,21-22,24-26,28H2,1-10H3,(H,51,58)/t30-,32+,36-,37-,42-/m0/s1. The van der Waals surface area contributed by atoms with Crippen molar-refractivity contribution < 1.29 is 28.7 Å². The number of esters is 1. The van der Waals surface area contributed by atoms with Crippen LogP contribution < -0.4 is 10.7 Å². The van der Waals surface area contributed by atoms with Gasteiger partial charge in [-0.15, -0.1) is 11.3 Å². The largest absolute Gasteiger partial charge is 0.464 e. The Morgan fingerprint density at radius 1 is 1.11 bits per heavy atom. The third-order valence-electron chi connectivity index (χ3n) is 13.2. The van der Waals surface area contributed by atoms with Crippen LogP contribution in [-0.2, 0) is 43.2 Å². The number of fused-ring (bicyclic) bond motifs is 6. The number of nitrogens with zero attached hydrogens (tertiary/aromatic N) is 7. The zero-order valence-corrected chi connectivity index (χ0v) is 40.1. The van der Waals surface area contributed by atoms with Gasteiger partial charge in [0.05, 0.1) is 34.8 Å². The Kier molecular flexibility index (Phi) is 14.5. The number of nitrogens with one attached hydrogen (secondary N) is 2. The molecular weight excluding hydrogens is 831 g/mol. The van der Waals surface area contributed by atoms with Gasteiger partial charge in [0, 0.05) is 92.3 Å². The van der Waals surface area contributed by atoms with E-state index in [1.54, 1.807) is 32.3 Å². The van der Waals surface area contributed by atoms with Crippen molar-refractivity contribution in [2.75, 3.05) is 54.5 Å². The number of aryl methyl sites for hydroxylation is 1. The minimum absolute atomic E-state index is 0.0301. The van der Waals surface area contributed by atoms with Crippen molar-refractivity contribution in [3.63, 3.8) is 0 Å². The Hall–Kier alpha value is -4.90. The molecule has 4 amide bonds. The van der Waals surface area contributed by atoms with E-state index in [9.17, 15) is 19.2 Å². The third-order valence-corrected chi connectivity index (χ3v) is 14.1. The summed E-state index contributed by atoms with van der Waals surface area (Å²) in [6.07, 6.45) is 5.18. The molecule has 16 heteroatoms. The molecule has 5 atom stereocenters. The van der Waals surface area contributed by atoms with Crippen LogP contribution in [0.3, 0.4) is 0 Å². The van der Waals surface area contributed by atoms with Gasteiger partial charge in [0.1, 0.15) is 18.1 Å². The number of urea groups is 1. The van der Waals surface area contributed by atoms with Gasteiger partial charge in [0.2, 0.25) is 5.91 Å². The van der Waals surface area contributed by atoms with Crippen molar-refractivity contribution in [2.24, 2.45) is 11.3 Å². The van der Waals surface area contributed by atoms with E-state index in [1.165, 1.54) is 21.2 Å². The monoisotopic (exact) mass is 897 g/mol. The highest BCUT2D eigenvalue weighted by atomic mass is 32.1. The van der Waals surface area contributed by atoms with Crippen LogP contribution in [0.25, 0.3) is 33.4 Å². The van der Waals surface area contributed by atoms with Gasteiger partial charge >= 0.3 is 12.0 Å². The predicted octanol–water partition coefficient (Wildman–Crippen LogP) is 6.30. The molecule has 6 heterocycles. The molecule has 7 rings (SSSR count). The molecule has 0 unspecified atom stereocenters. The molecule has 0 saturated carbocycles. The van der Waals surface area contributed by atoms with E-state index in [-0.39, 0.29) is 43.0 Å². The Morgan fingerprint density at radius 2 is 1.88 bits per heavy atom. The average molecular weight is 898 g/mol. The highest BCUT2D eigenvalue weighted by Gasteiger charge is 2.39. The van der Waals surface area contributed by atoms with Gasteiger partial charge in [0.15, 0.2) is 0 Å². The van der Waals surface area contributed by atoms with Gasteiger partial charge in [-0.2, -0.15) is 0 Å². The van der Waals surface area contributed by atoms with Gasteiger partial charge in [-0.05, 0) is 95.3 Å². The minimum atomic E-state index is -1.04. The van der Waals surface area contributed by atoms with Crippen molar-refractivity contribution in [1.29, 1.82) is 0 Å². The van der Waals surface area contributed by atoms with Gasteiger partial charge in [-0.3, -0.25) is 24.4 Å². The molecule has 15 nitrogen and oxygen atoms in total. The van der Waals surface area contributed by atoms with Crippen molar-refractivity contribution in [3.8, 4) is 22.5 Å². The number of thiazole rings is 1. The van der Waals surface area contributed by atoms with Crippen molar-refractivity contribution in [3.05, 3.63) is 58.2 Å². The zero-order chi connectivity index (χ0) is 46.0. The highest BCUT2D eigenvalue weighted by Crippen LogP contribution is 2.42. The molecular formula is C48H67N9O6S. The van der Waals surface area contributed by atoms with Crippen LogP contribution in [0.15, 0.2) is 41.9 Å². The Morgan fingerprint density at radius 3 is 2.59 bits per heavy atom. The summed E-state index contributed by atoms with van der Waals surface area (Å²) in [4.78, 5) is 72.3. The zero-order valence-electron chi connectivity index (χ0n) is 39.3. The van der Waals surface area contributed by atoms with Crippen LogP contribution in [0.2, 0.25) is 0 Å². The van der Waals surface area contributed by atoms with Gasteiger partial charge in [-0.25, -0.2) is 15.2 Å². The number of piperidine rings is 1. The van der Waals surface area contributed by atoms with E-state index in [1.807, 2.05) is 32.2 Å². The van der Waals surface area contributed by atoms with Crippen LogP contribution in [0.5, 0.6) is 0 Å². The average Bonchev–Trinajstić information content (AvgIpc) is 3.88. The summed E-state index contributed by atoms with van der Waals surface area (Å²) in [6, 6.07) is 7.60. The number of hydrazine groups is 1. The fourth-order valence-electron chi connectivity index (χ4n) is 9.73. The molecule has 3 aliphatic rings. The predicted molar refractivity (Wildman–Crippen MR) is 249 cm³/mol. The van der Waals surface area contributed by atoms with Crippen LogP contribution in [0.1, 0.15) is 89.6 Å². The number of hydrogen-bond donors (Lipinski definition) is 2. The second kappa shape index (κ2) is 19.7. The lowest BCUT2D eigenvalue weighted by Gasteiger charge is -2.40. The number of rotatable bonds is 9. The smallest absolute Gasteiger partial charge is 0.324 e. The first-order chi connectivity index (χ1) is 30.5. The van der Waals surface area contributed by atoms with Crippen LogP contribution in [-0.4, -0.2) is 137 Å². The van der Waals surface area contributed by atoms with Gasteiger partial charge < -0.3 is 34.1 Å². The summed E-state index contributed by atoms with van der Waals surface area (Å²) in [5, 5.41) is 8.24.